The number of hydrogen-bond acceptors (Lipinski definition) is 5. The smallest absolute Gasteiger partial charge is 0.422 e. The maximum atomic E-state index is 12.4. The Morgan fingerprint density at radius 3 is 2.71 bits per heavy atom. The molecule has 0 saturated heterocycles. The van der Waals surface area contributed by atoms with Gasteiger partial charge in [0.15, 0.2) is 12.6 Å². The molecule has 28 heavy (non-hydrogen) atoms. The molecule has 0 saturated carbocycles. The topological polar surface area (TPSA) is 71.4 Å². The highest BCUT2D eigenvalue weighted by Gasteiger charge is 2.29. The van der Waals surface area contributed by atoms with Crippen LogP contribution in [-0.2, 0) is 13.0 Å². The number of aromatic nitrogens is 2. The Balaban J connectivity index is 0.00000392. The van der Waals surface area contributed by atoms with E-state index in [1.54, 1.807) is 23.5 Å². The zero-order valence-corrected chi connectivity index (χ0v) is 18.7. The summed E-state index contributed by atoms with van der Waals surface area (Å²) in [6, 6.07) is 3.28. The molecular weight excluding hydrogens is 506 g/mol. The molecule has 0 aliphatic heterocycles. The van der Waals surface area contributed by atoms with Crippen LogP contribution in [0.25, 0.3) is 0 Å². The third-order valence-electron chi connectivity index (χ3n) is 3.27. The average molecular weight is 529 g/mol. The van der Waals surface area contributed by atoms with E-state index in [1.165, 1.54) is 6.20 Å². The second-order valence-electron chi connectivity index (χ2n) is 5.61. The minimum Gasteiger partial charge on any atom is -0.468 e. The summed E-state index contributed by atoms with van der Waals surface area (Å²) in [5, 5.41) is 7.32. The van der Waals surface area contributed by atoms with Gasteiger partial charge >= 0.3 is 6.18 Å². The molecule has 2 aromatic rings. The van der Waals surface area contributed by atoms with Crippen LogP contribution < -0.4 is 15.4 Å². The van der Waals surface area contributed by atoms with Crippen LogP contribution in [0.2, 0.25) is 0 Å². The molecule has 0 amide bonds. The normalized spacial score (nSPS) is 11.7. The van der Waals surface area contributed by atoms with E-state index in [0.29, 0.717) is 24.6 Å². The molecule has 0 aliphatic carbocycles. The molecule has 0 bridgehead atoms. The molecule has 2 N–H and O–H groups in total. The minimum atomic E-state index is -4.41. The van der Waals surface area contributed by atoms with Crippen LogP contribution in [-0.4, -0.2) is 41.8 Å². The molecular formula is C17H23F3IN5OS. The van der Waals surface area contributed by atoms with Crippen LogP contribution in [0.1, 0.15) is 22.4 Å². The highest BCUT2D eigenvalue weighted by Crippen LogP contribution is 2.20. The van der Waals surface area contributed by atoms with Gasteiger partial charge in [-0.25, -0.2) is 15.0 Å². The lowest BCUT2D eigenvalue weighted by atomic mass is 10.3. The number of rotatable bonds is 8. The number of nitrogens with one attached hydrogen (secondary N) is 2. The number of halogens is 4. The van der Waals surface area contributed by atoms with Crippen LogP contribution in [0, 0.1) is 6.92 Å². The maximum Gasteiger partial charge on any atom is 0.422 e. The van der Waals surface area contributed by atoms with Gasteiger partial charge in [-0.2, -0.15) is 13.2 Å². The van der Waals surface area contributed by atoms with Crippen LogP contribution in [0.5, 0.6) is 5.88 Å². The van der Waals surface area contributed by atoms with Crippen molar-refractivity contribution in [2.75, 3.05) is 19.7 Å². The summed E-state index contributed by atoms with van der Waals surface area (Å²) in [5.41, 5.74) is 0.481. The van der Waals surface area contributed by atoms with Crippen LogP contribution in [0.4, 0.5) is 13.2 Å². The number of pyridine rings is 1. The highest BCUT2D eigenvalue weighted by atomic mass is 127. The molecule has 0 radical (unpaired) electrons. The van der Waals surface area contributed by atoms with Crippen LogP contribution >= 0.6 is 35.3 Å². The molecule has 0 aromatic carbocycles. The van der Waals surface area contributed by atoms with Gasteiger partial charge in [0.05, 0.1) is 11.6 Å². The fraction of sp³-hybridized carbons (Fsp3) is 0.471. The van der Waals surface area contributed by atoms with Gasteiger partial charge in [-0.15, -0.1) is 35.3 Å². The van der Waals surface area contributed by atoms with Gasteiger partial charge in [0.1, 0.15) is 0 Å². The Morgan fingerprint density at radius 2 is 2.07 bits per heavy atom. The first-order valence-electron chi connectivity index (χ1n) is 8.44. The lowest BCUT2D eigenvalue weighted by Crippen LogP contribution is -2.38. The molecule has 0 unspecified atom stereocenters. The number of alkyl halides is 3. The van der Waals surface area contributed by atoms with E-state index in [4.69, 9.17) is 4.74 Å². The number of nitrogens with zero attached hydrogens (tertiary/aromatic N) is 3. The average Bonchev–Trinajstić information content (AvgIpc) is 3.03. The van der Waals surface area contributed by atoms with Gasteiger partial charge in [0.2, 0.25) is 5.88 Å². The standard InChI is InChI=1S/C17H22F3N5OS.HI/c1-3-21-16(23-8-6-14-24-9-12(2)27-14)25-10-13-5-4-7-22-15(13)26-11-17(18,19)20;/h4-5,7,9H,3,6,8,10-11H2,1-2H3,(H2,21,23,25);1H. The zero-order valence-electron chi connectivity index (χ0n) is 15.5. The summed E-state index contributed by atoms with van der Waals surface area (Å²) in [4.78, 5) is 13.7. The summed E-state index contributed by atoms with van der Waals surface area (Å²) in [7, 11) is 0. The lowest BCUT2D eigenvalue weighted by molar-refractivity contribution is -0.154. The van der Waals surface area contributed by atoms with Gasteiger partial charge in [-0.05, 0) is 19.9 Å². The quantitative estimate of drug-likeness (QED) is 0.310. The van der Waals surface area contributed by atoms with E-state index in [0.717, 1.165) is 16.3 Å². The van der Waals surface area contributed by atoms with E-state index >= 15 is 0 Å². The monoisotopic (exact) mass is 529 g/mol. The molecule has 2 rings (SSSR count). The summed E-state index contributed by atoms with van der Waals surface area (Å²) >= 11 is 1.64. The van der Waals surface area contributed by atoms with Gasteiger partial charge in [-0.1, -0.05) is 6.07 Å². The first kappa shape index (κ1) is 24.4. The Hall–Kier alpha value is -1.63. The second kappa shape index (κ2) is 12.0. The molecule has 0 fully saturated rings. The number of thiazole rings is 1. The molecule has 11 heteroatoms. The van der Waals surface area contributed by atoms with Crippen molar-refractivity contribution >= 4 is 41.3 Å². The number of hydrogen-bond donors (Lipinski definition) is 2. The fourth-order valence-corrected chi connectivity index (χ4v) is 2.92. The summed E-state index contributed by atoms with van der Waals surface area (Å²) in [6.45, 7) is 4.00. The Bertz CT molecular complexity index is 754. The van der Waals surface area contributed by atoms with Crippen LogP contribution in [0.15, 0.2) is 29.5 Å². The predicted molar refractivity (Wildman–Crippen MR) is 115 cm³/mol. The van der Waals surface area contributed by atoms with E-state index < -0.39 is 12.8 Å². The van der Waals surface area contributed by atoms with Gasteiger partial charge in [0.25, 0.3) is 0 Å². The van der Waals surface area contributed by atoms with Crippen molar-refractivity contribution in [2.45, 2.75) is 33.0 Å². The van der Waals surface area contributed by atoms with Crippen LogP contribution in [0.3, 0.4) is 0 Å². The SMILES string of the molecule is CCNC(=NCc1cccnc1OCC(F)(F)F)NCCc1ncc(C)s1.I. The number of aliphatic imine (C=N–C) groups is 1. The largest absolute Gasteiger partial charge is 0.468 e. The molecule has 2 aromatic heterocycles. The van der Waals surface area contributed by atoms with Crippen molar-refractivity contribution in [3.8, 4) is 5.88 Å². The fourth-order valence-electron chi connectivity index (χ4n) is 2.14. The van der Waals surface area contributed by atoms with Gasteiger partial charge in [-0.3, -0.25) is 0 Å². The number of aryl methyl sites for hydroxylation is 1. The summed E-state index contributed by atoms with van der Waals surface area (Å²) in [6.07, 6.45) is -0.430. The van der Waals surface area contributed by atoms with Gasteiger partial charge < -0.3 is 15.4 Å². The summed E-state index contributed by atoms with van der Waals surface area (Å²) in [5.74, 6) is 0.504. The van der Waals surface area contributed by atoms with Crippen molar-refractivity contribution in [1.29, 1.82) is 0 Å². The Labute approximate surface area is 183 Å². The summed E-state index contributed by atoms with van der Waals surface area (Å²) < 4.78 is 41.9. The molecule has 0 aliphatic rings. The highest BCUT2D eigenvalue weighted by molar-refractivity contribution is 14.0. The van der Waals surface area contributed by atoms with Crippen molar-refractivity contribution in [1.82, 2.24) is 20.6 Å². The molecule has 0 atom stereocenters. The number of ether oxygens (including phenoxy) is 1. The number of guanidine groups is 1. The third-order valence-corrected chi connectivity index (χ3v) is 4.25. The van der Waals surface area contributed by atoms with E-state index in [-0.39, 0.29) is 36.4 Å². The van der Waals surface area contributed by atoms with E-state index in [2.05, 4.69) is 25.6 Å². The molecule has 6 nitrogen and oxygen atoms in total. The molecule has 156 valence electrons. The third kappa shape index (κ3) is 9.04. The van der Waals surface area contributed by atoms with Crippen molar-refractivity contribution < 1.29 is 17.9 Å². The Morgan fingerprint density at radius 1 is 1.29 bits per heavy atom. The Kier molecular flexibility index (Phi) is 10.5. The van der Waals surface area contributed by atoms with Crippen molar-refractivity contribution in [2.24, 2.45) is 4.99 Å². The van der Waals surface area contributed by atoms with E-state index in [1.807, 2.05) is 20.0 Å². The van der Waals surface area contributed by atoms with E-state index in [9.17, 15) is 13.2 Å². The second-order valence-corrected chi connectivity index (χ2v) is 6.93. The first-order chi connectivity index (χ1) is 12.9. The van der Waals surface area contributed by atoms with Crippen molar-refractivity contribution in [3.05, 3.63) is 40.0 Å². The molecule has 0 spiro atoms. The minimum absolute atomic E-state index is 0. The first-order valence-corrected chi connectivity index (χ1v) is 9.26. The van der Waals surface area contributed by atoms with Gasteiger partial charge in [0, 0.05) is 42.3 Å². The maximum absolute atomic E-state index is 12.4. The van der Waals surface area contributed by atoms with Crippen molar-refractivity contribution in [3.63, 3.8) is 0 Å². The molecule has 2 heterocycles. The lowest BCUT2D eigenvalue weighted by Gasteiger charge is -2.13. The predicted octanol–water partition coefficient (Wildman–Crippen LogP) is 3.70. The zero-order chi connectivity index (χ0) is 19.7.